The summed E-state index contributed by atoms with van der Waals surface area (Å²) < 4.78 is 38.6. The van der Waals surface area contributed by atoms with Crippen molar-refractivity contribution in [3.8, 4) is 0 Å². The second kappa shape index (κ2) is 6.93. The number of carbonyl (C=O) groups is 1. The van der Waals surface area contributed by atoms with Crippen LogP contribution in [0, 0.1) is 6.92 Å². The number of aliphatic hydroxyl groups is 2. The average molecular weight is 346 g/mol. The molecule has 0 aliphatic carbocycles. The van der Waals surface area contributed by atoms with Gasteiger partial charge in [0.25, 0.3) is 10.1 Å². The first-order valence-corrected chi connectivity index (χ1v) is 8.26. The molecule has 1 unspecified atom stereocenters. The first kappa shape index (κ1) is 17.8. The molecule has 2 N–H and O–H groups in total. The molecule has 1 aliphatic heterocycles. The van der Waals surface area contributed by atoms with Gasteiger partial charge in [-0.2, -0.15) is 8.42 Å². The highest BCUT2D eigenvalue weighted by molar-refractivity contribution is 7.86. The van der Waals surface area contributed by atoms with Crippen molar-refractivity contribution in [2.45, 2.75) is 43.3 Å². The number of aryl methyl sites for hydroxylation is 1. The lowest BCUT2D eigenvalue weighted by atomic mass is 10.1. The molecule has 0 saturated carbocycles. The van der Waals surface area contributed by atoms with Gasteiger partial charge in [0.2, 0.25) is 0 Å². The molecule has 0 aromatic heterocycles. The van der Waals surface area contributed by atoms with Gasteiger partial charge in [0.15, 0.2) is 12.4 Å². The van der Waals surface area contributed by atoms with Crippen LogP contribution < -0.4 is 0 Å². The van der Waals surface area contributed by atoms with Crippen molar-refractivity contribution < 1.29 is 37.1 Å². The lowest BCUT2D eigenvalue weighted by Crippen LogP contribution is -2.38. The van der Waals surface area contributed by atoms with Crippen LogP contribution in [0.3, 0.4) is 0 Å². The van der Waals surface area contributed by atoms with E-state index in [1.165, 1.54) is 12.1 Å². The van der Waals surface area contributed by atoms with Crippen LogP contribution in [0.25, 0.3) is 0 Å². The molecule has 0 bridgehead atoms. The maximum atomic E-state index is 12.0. The summed E-state index contributed by atoms with van der Waals surface area (Å²) in [7, 11) is -4.03. The summed E-state index contributed by atoms with van der Waals surface area (Å²) in [6.45, 7) is 2.41. The van der Waals surface area contributed by atoms with Gasteiger partial charge in [0.05, 0.1) is 11.5 Å². The standard InChI is InChI=1S/C14H18O8S/c1-8-3-5-10(6-4-8)23(18,19)20-7-11-12(16)13(14(17)22-11)21-9(2)15/h3-6,11-14,16-17H,7H2,1-2H3/t11-,12-,13+,14?/m0/s1. The highest BCUT2D eigenvalue weighted by Gasteiger charge is 2.45. The van der Waals surface area contributed by atoms with Gasteiger partial charge in [-0.15, -0.1) is 0 Å². The Hall–Kier alpha value is -1.52. The lowest BCUT2D eigenvalue weighted by molar-refractivity contribution is -0.170. The second-order valence-corrected chi connectivity index (χ2v) is 6.80. The maximum absolute atomic E-state index is 12.0. The summed E-state index contributed by atoms with van der Waals surface area (Å²) in [5, 5.41) is 19.5. The number of ether oxygens (including phenoxy) is 2. The van der Waals surface area contributed by atoms with Crippen molar-refractivity contribution in [3.05, 3.63) is 29.8 Å². The SMILES string of the molecule is CC(=O)O[C@H]1C(O)O[C@@H](COS(=O)(=O)c2ccc(C)cc2)[C@@H]1O. The summed E-state index contributed by atoms with van der Waals surface area (Å²) in [5.74, 6) is -0.703. The van der Waals surface area contributed by atoms with Crippen LogP contribution in [0.2, 0.25) is 0 Å². The Balaban J connectivity index is 2.00. The molecule has 8 nitrogen and oxygen atoms in total. The molecule has 0 radical (unpaired) electrons. The molecular weight excluding hydrogens is 328 g/mol. The largest absolute Gasteiger partial charge is 0.454 e. The van der Waals surface area contributed by atoms with Crippen molar-refractivity contribution >= 4 is 16.1 Å². The van der Waals surface area contributed by atoms with E-state index >= 15 is 0 Å². The smallest absolute Gasteiger partial charge is 0.303 e. The van der Waals surface area contributed by atoms with Gasteiger partial charge in [-0.05, 0) is 19.1 Å². The summed E-state index contributed by atoms with van der Waals surface area (Å²) in [4.78, 5) is 10.9. The van der Waals surface area contributed by atoms with Crippen molar-refractivity contribution in [3.63, 3.8) is 0 Å². The quantitative estimate of drug-likeness (QED) is 0.551. The van der Waals surface area contributed by atoms with Crippen LogP contribution in [0.4, 0.5) is 0 Å². The molecule has 1 saturated heterocycles. The van der Waals surface area contributed by atoms with Crippen molar-refractivity contribution in [1.82, 2.24) is 0 Å². The number of esters is 1. The minimum Gasteiger partial charge on any atom is -0.454 e. The Morgan fingerprint density at radius 1 is 1.26 bits per heavy atom. The average Bonchev–Trinajstić information content (AvgIpc) is 2.73. The molecule has 1 aromatic carbocycles. The zero-order chi connectivity index (χ0) is 17.2. The van der Waals surface area contributed by atoms with E-state index in [2.05, 4.69) is 0 Å². The number of hydrogen-bond donors (Lipinski definition) is 2. The van der Waals surface area contributed by atoms with Crippen LogP contribution in [0.15, 0.2) is 29.2 Å². The van der Waals surface area contributed by atoms with Crippen LogP contribution in [-0.4, -0.2) is 55.8 Å². The van der Waals surface area contributed by atoms with Crippen LogP contribution in [0.5, 0.6) is 0 Å². The number of benzene rings is 1. The normalized spacial score (nSPS) is 27.8. The highest BCUT2D eigenvalue weighted by atomic mass is 32.2. The monoisotopic (exact) mass is 346 g/mol. The fourth-order valence-corrected chi connectivity index (χ4v) is 3.02. The van der Waals surface area contributed by atoms with E-state index in [0.717, 1.165) is 12.5 Å². The fourth-order valence-electron chi connectivity index (χ4n) is 2.10. The third-order valence-electron chi connectivity index (χ3n) is 3.31. The molecule has 1 aromatic rings. The van der Waals surface area contributed by atoms with Crippen LogP contribution >= 0.6 is 0 Å². The van der Waals surface area contributed by atoms with E-state index in [-0.39, 0.29) is 4.90 Å². The van der Waals surface area contributed by atoms with E-state index in [1.807, 2.05) is 6.92 Å². The lowest BCUT2D eigenvalue weighted by Gasteiger charge is -2.17. The Kier molecular flexibility index (Phi) is 5.37. The van der Waals surface area contributed by atoms with Gasteiger partial charge in [0, 0.05) is 6.92 Å². The molecular formula is C14H18O8S. The van der Waals surface area contributed by atoms with Crippen LogP contribution in [0.1, 0.15) is 12.5 Å². The van der Waals surface area contributed by atoms with Crippen molar-refractivity contribution in [2.75, 3.05) is 6.61 Å². The Bertz CT molecular complexity index is 654. The molecule has 128 valence electrons. The van der Waals surface area contributed by atoms with Crippen molar-refractivity contribution in [2.24, 2.45) is 0 Å². The maximum Gasteiger partial charge on any atom is 0.303 e. The molecule has 1 fully saturated rings. The summed E-state index contributed by atoms with van der Waals surface area (Å²) in [6, 6.07) is 6.04. The van der Waals surface area contributed by atoms with E-state index in [4.69, 9.17) is 13.7 Å². The molecule has 23 heavy (non-hydrogen) atoms. The predicted octanol–water partition coefficient (Wildman–Crippen LogP) is -0.290. The fraction of sp³-hybridized carbons (Fsp3) is 0.500. The Morgan fingerprint density at radius 3 is 2.43 bits per heavy atom. The first-order chi connectivity index (χ1) is 10.7. The van der Waals surface area contributed by atoms with Gasteiger partial charge in [-0.3, -0.25) is 8.98 Å². The minimum atomic E-state index is -4.03. The van der Waals surface area contributed by atoms with Gasteiger partial charge in [0.1, 0.15) is 12.2 Å². The van der Waals surface area contributed by atoms with Gasteiger partial charge in [-0.1, -0.05) is 17.7 Å². The third-order valence-corrected chi connectivity index (χ3v) is 4.61. The number of hydrogen-bond acceptors (Lipinski definition) is 8. The summed E-state index contributed by atoms with van der Waals surface area (Å²) in [5.41, 5.74) is 0.894. The molecule has 2 rings (SSSR count). The molecule has 9 heteroatoms. The topological polar surface area (TPSA) is 119 Å². The molecule has 1 aliphatic rings. The van der Waals surface area contributed by atoms with Crippen molar-refractivity contribution in [1.29, 1.82) is 0 Å². The molecule has 4 atom stereocenters. The summed E-state index contributed by atoms with van der Waals surface area (Å²) in [6.07, 6.45) is -5.38. The molecule has 1 heterocycles. The second-order valence-electron chi connectivity index (χ2n) is 5.18. The van der Waals surface area contributed by atoms with E-state index in [9.17, 15) is 23.4 Å². The number of rotatable bonds is 5. The Labute approximate surface area is 133 Å². The molecule has 0 amide bonds. The van der Waals surface area contributed by atoms with Gasteiger partial charge < -0.3 is 19.7 Å². The Morgan fingerprint density at radius 2 is 1.87 bits per heavy atom. The van der Waals surface area contributed by atoms with Crippen LogP contribution in [-0.2, 0) is 28.6 Å². The molecule has 0 spiro atoms. The van der Waals surface area contributed by atoms with Gasteiger partial charge in [-0.25, -0.2) is 0 Å². The van der Waals surface area contributed by atoms with E-state index < -0.39 is 47.3 Å². The number of carbonyl (C=O) groups excluding carboxylic acids is 1. The highest BCUT2D eigenvalue weighted by Crippen LogP contribution is 2.24. The first-order valence-electron chi connectivity index (χ1n) is 6.85. The van der Waals surface area contributed by atoms with E-state index in [1.54, 1.807) is 12.1 Å². The van der Waals surface area contributed by atoms with Gasteiger partial charge >= 0.3 is 5.97 Å². The summed E-state index contributed by atoms with van der Waals surface area (Å²) >= 11 is 0. The minimum absolute atomic E-state index is 0.0346. The third kappa shape index (κ3) is 4.27. The van der Waals surface area contributed by atoms with E-state index in [0.29, 0.717) is 0 Å². The predicted molar refractivity (Wildman–Crippen MR) is 76.8 cm³/mol. The number of aliphatic hydroxyl groups excluding tert-OH is 2. The zero-order valence-electron chi connectivity index (χ0n) is 12.6. The zero-order valence-corrected chi connectivity index (χ0v) is 13.4.